The lowest BCUT2D eigenvalue weighted by Crippen LogP contribution is -2.20. The largest absolute Gasteiger partial charge is 0.497 e. The van der Waals surface area contributed by atoms with Crippen LogP contribution in [0.4, 0.5) is 4.39 Å². The van der Waals surface area contributed by atoms with Gasteiger partial charge in [0.15, 0.2) is 11.0 Å². The van der Waals surface area contributed by atoms with Crippen LogP contribution in [0.15, 0.2) is 83.1 Å². The van der Waals surface area contributed by atoms with Gasteiger partial charge in [-0.05, 0) is 52.9 Å². The molecule has 0 unspecified atom stereocenters. The van der Waals surface area contributed by atoms with Crippen molar-refractivity contribution in [2.24, 2.45) is 5.10 Å². The van der Waals surface area contributed by atoms with E-state index in [-0.39, 0.29) is 22.9 Å². The molecular formula is C28H28FN5O2S. The van der Waals surface area contributed by atoms with Crippen LogP contribution in [-0.4, -0.2) is 39.7 Å². The predicted molar refractivity (Wildman–Crippen MR) is 145 cm³/mol. The Kier molecular flexibility index (Phi) is 8.03. The molecule has 4 aromatic rings. The van der Waals surface area contributed by atoms with Crippen LogP contribution >= 0.6 is 11.8 Å². The summed E-state index contributed by atoms with van der Waals surface area (Å²) in [4.78, 5) is 12.4. The lowest BCUT2D eigenvalue weighted by molar-refractivity contribution is -0.118. The van der Waals surface area contributed by atoms with Gasteiger partial charge in [-0.1, -0.05) is 68.9 Å². The molecule has 1 amide bonds. The number of thioether (sulfide) groups is 1. The van der Waals surface area contributed by atoms with E-state index in [9.17, 15) is 9.18 Å². The Balaban J connectivity index is 1.54. The first kappa shape index (κ1) is 26.1. The van der Waals surface area contributed by atoms with Crippen molar-refractivity contribution in [3.05, 3.63) is 89.7 Å². The summed E-state index contributed by atoms with van der Waals surface area (Å²) in [5, 5.41) is 13.3. The van der Waals surface area contributed by atoms with Crippen molar-refractivity contribution >= 4 is 23.9 Å². The van der Waals surface area contributed by atoms with Gasteiger partial charge < -0.3 is 4.74 Å². The van der Waals surface area contributed by atoms with Gasteiger partial charge in [-0.3, -0.25) is 9.36 Å². The minimum Gasteiger partial charge on any atom is -0.497 e. The van der Waals surface area contributed by atoms with E-state index in [2.05, 4.69) is 53.6 Å². The first-order valence-electron chi connectivity index (χ1n) is 11.7. The highest BCUT2D eigenvalue weighted by Gasteiger charge is 2.19. The van der Waals surface area contributed by atoms with Crippen molar-refractivity contribution in [1.82, 2.24) is 20.2 Å². The monoisotopic (exact) mass is 517 g/mol. The van der Waals surface area contributed by atoms with Gasteiger partial charge in [-0.2, -0.15) is 5.10 Å². The Morgan fingerprint density at radius 2 is 1.70 bits per heavy atom. The maximum Gasteiger partial charge on any atom is 0.250 e. The maximum atomic E-state index is 13.0. The highest BCUT2D eigenvalue weighted by molar-refractivity contribution is 7.99. The fourth-order valence-electron chi connectivity index (χ4n) is 3.52. The number of methoxy groups -OCH3 is 1. The van der Waals surface area contributed by atoms with E-state index < -0.39 is 0 Å². The Morgan fingerprint density at radius 1 is 1.03 bits per heavy atom. The summed E-state index contributed by atoms with van der Waals surface area (Å²) >= 11 is 1.25. The fraction of sp³-hybridized carbons (Fsp3) is 0.214. The van der Waals surface area contributed by atoms with Crippen molar-refractivity contribution in [2.45, 2.75) is 31.3 Å². The number of hydrogen-bond donors (Lipinski definition) is 1. The van der Waals surface area contributed by atoms with E-state index in [1.165, 1.54) is 35.7 Å². The van der Waals surface area contributed by atoms with Gasteiger partial charge in [0, 0.05) is 11.3 Å². The average Bonchev–Trinajstić information content (AvgIpc) is 3.32. The topological polar surface area (TPSA) is 81.4 Å². The summed E-state index contributed by atoms with van der Waals surface area (Å²) in [6, 6.07) is 21.7. The third kappa shape index (κ3) is 6.62. The van der Waals surface area contributed by atoms with Crippen LogP contribution in [0.2, 0.25) is 0 Å². The summed E-state index contributed by atoms with van der Waals surface area (Å²) < 4.78 is 20.3. The number of ether oxygens (including phenoxy) is 1. The second-order valence-electron chi connectivity index (χ2n) is 9.30. The number of hydrazone groups is 1. The number of carbonyl (C=O) groups is 1. The van der Waals surface area contributed by atoms with Gasteiger partial charge in [-0.15, -0.1) is 10.2 Å². The van der Waals surface area contributed by atoms with Gasteiger partial charge in [0.05, 0.1) is 19.1 Å². The standard InChI is InChI=1S/C28H28FN5O2S/c1-28(2,3)21-9-7-20(8-10-21)26-32-33-27(34(26)23-13-15-24(36-4)16-14-23)37-18-25(35)31-30-17-19-5-11-22(29)12-6-19/h5-17H,18H2,1-4H3,(H,31,35)/b30-17+. The van der Waals surface area contributed by atoms with Crippen LogP contribution in [0.1, 0.15) is 31.9 Å². The first-order valence-corrected chi connectivity index (χ1v) is 12.6. The molecule has 4 rings (SSSR count). The number of carbonyl (C=O) groups excluding carboxylic acids is 1. The zero-order valence-corrected chi connectivity index (χ0v) is 21.9. The van der Waals surface area contributed by atoms with Crippen LogP contribution < -0.4 is 10.2 Å². The Bertz CT molecular complexity index is 1380. The van der Waals surface area contributed by atoms with Crippen molar-refractivity contribution < 1.29 is 13.9 Å². The van der Waals surface area contributed by atoms with Crippen LogP contribution in [-0.2, 0) is 10.2 Å². The summed E-state index contributed by atoms with van der Waals surface area (Å²) in [5.41, 5.74) is 6.19. The van der Waals surface area contributed by atoms with Gasteiger partial charge >= 0.3 is 0 Å². The maximum absolute atomic E-state index is 13.0. The summed E-state index contributed by atoms with van der Waals surface area (Å²) in [5.74, 6) is 0.855. The molecule has 0 spiro atoms. The highest BCUT2D eigenvalue weighted by atomic mass is 32.2. The van der Waals surface area contributed by atoms with E-state index in [0.29, 0.717) is 16.5 Å². The minimum absolute atomic E-state index is 0.0374. The molecule has 3 aromatic carbocycles. The summed E-state index contributed by atoms with van der Waals surface area (Å²) in [7, 11) is 1.62. The lowest BCUT2D eigenvalue weighted by atomic mass is 9.87. The first-order chi connectivity index (χ1) is 17.7. The third-order valence-electron chi connectivity index (χ3n) is 5.58. The van der Waals surface area contributed by atoms with Crippen molar-refractivity contribution in [2.75, 3.05) is 12.9 Å². The van der Waals surface area contributed by atoms with Crippen LogP contribution in [0, 0.1) is 5.82 Å². The molecule has 0 aliphatic rings. The summed E-state index contributed by atoms with van der Waals surface area (Å²) in [6.07, 6.45) is 1.46. The second kappa shape index (κ2) is 11.4. The van der Waals surface area contributed by atoms with E-state index in [1.807, 2.05) is 41.0 Å². The van der Waals surface area contributed by atoms with Gasteiger partial charge in [0.1, 0.15) is 11.6 Å². The molecule has 37 heavy (non-hydrogen) atoms. The molecule has 0 saturated heterocycles. The molecule has 1 heterocycles. The van der Waals surface area contributed by atoms with Gasteiger partial charge in [0.2, 0.25) is 0 Å². The Morgan fingerprint density at radius 3 is 2.32 bits per heavy atom. The van der Waals surface area contributed by atoms with Crippen LogP contribution in [0.5, 0.6) is 5.75 Å². The van der Waals surface area contributed by atoms with Crippen molar-refractivity contribution in [3.63, 3.8) is 0 Å². The predicted octanol–water partition coefficient (Wildman–Crippen LogP) is 5.62. The fourth-order valence-corrected chi connectivity index (χ4v) is 4.27. The Hall–Kier alpha value is -3.98. The van der Waals surface area contributed by atoms with E-state index >= 15 is 0 Å². The van der Waals surface area contributed by atoms with Crippen molar-refractivity contribution in [3.8, 4) is 22.8 Å². The summed E-state index contributed by atoms with van der Waals surface area (Å²) in [6.45, 7) is 6.52. The molecule has 1 N–H and O–H groups in total. The number of rotatable bonds is 8. The third-order valence-corrected chi connectivity index (χ3v) is 6.51. The zero-order chi connectivity index (χ0) is 26.4. The normalized spacial score (nSPS) is 11.6. The van der Waals surface area contributed by atoms with E-state index in [0.717, 1.165) is 17.0 Å². The molecule has 0 aliphatic heterocycles. The number of amides is 1. The number of benzene rings is 3. The number of nitrogens with zero attached hydrogens (tertiary/aromatic N) is 4. The zero-order valence-electron chi connectivity index (χ0n) is 21.1. The molecule has 0 saturated carbocycles. The number of halogens is 1. The molecule has 0 atom stereocenters. The SMILES string of the molecule is COc1ccc(-n2c(SCC(=O)N/N=C/c3ccc(F)cc3)nnc2-c2ccc(C(C)(C)C)cc2)cc1. The molecule has 1 aromatic heterocycles. The Labute approximate surface area is 219 Å². The number of nitrogens with one attached hydrogen (secondary N) is 1. The van der Waals surface area contributed by atoms with Gasteiger partial charge in [-0.25, -0.2) is 9.82 Å². The molecule has 0 bridgehead atoms. The number of hydrogen-bond acceptors (Lipinski definition) is 6. The van der Waals surface area contributed by atoms with Crippen LogP contribution in [0.25, 0.3) is 17.1 Å². The number of aromatic nitrogens is 3. The highest BCUT2D eigenvalue weighted by Crippen LogP contribution is 2.30. The average molecular weight is 518 g/mol. The second-order valence-corrected chi connectivity index (χ2v) is 10.2. The molecule has 0 aliphatic carbocycles. The molecular weight excluding hydrogens is 489 g/mol. The molecule has 7 nitrogen and oxygen atoms in total. The van der Waals surface area contributed by atoms with Gasteiger partial charge in [0.25, 0.3) is 5.91 Å². The smallest absolute Gasteiger partial charge is 0.250 e. The van der Waals surface area contributed by atoms with E-state index in [1.54, 1.807) is 19.2 Å². The van der Waals surface area contributed by atoms with Crippen molar-refractivity contribution in [1.29, 1.82) is 0 Å². The molecule has 0 fully saturated rings. The quantitative estimate of drug-likeness (QED) is 0.186. The lowest BCUT2D eigenvalue weighted by Gasteiger charge is -2.19. The van der Waals surface area contributed by atoms with Crippen LogP contribution in [0.3, 0.4) is 0 Å². The minimum atomic E-state index is -0.330. The molecule has 190 valence electrons. The molecule has 0 radical (unpaired) electrons. The van der Waals surface area contributed by atoms with E-state index in [4.69, 9.17) is 4.74 Å². The molecule has 9 heteroatoms.